The largest absolute Gasteiger partial charge is 0.504 e. The van der Waals surface area contributed by atoms with Crippen LogP contribution in [0.4, 0.5) is 0 Å². The van der Waals surface area contributed by atoms with Crippen LogP contribution in [0.2, 0.25) is 0 Å². The fraction of sp³-hybridized carbons (Fsp3) is 0.364. The molecule has 0 aliphatic rings. The molecule has 0 aromatic heterocycles. The van der Waals surface area contributed by atoms with Gasteiger partial charge in [-0.3, -0.25) is 4.79 Å². The number of esters is 1. The second-order valence-electron chi connectivity index (χ2n) is 3.47. The van der Waals surface area contributed by atoms with Crippen LogP contribution in [0.25, 0.3) is 0 Å². The third kappa shape index (κ3) is 3.13. The molecule has 4 N–H and O–H groups in total. The number of phenols is 2. The standard InChI is InChI=1S/C11H15NO4/c1-16-11(15)5-3-8(12)7-2-4-9(13)10(14)6-7/h2,4,6,8,13-14H,3,5,12H2,1H3. The average molecular weight is 225 g/mol. The molecule has 0 bridgehead atoms. The zero-order valence-corrected chi connectivity index (χ0v) is 9.01. The van der Waals surface area contributed by atoms with Crippen LogP contribution < -0.4 is 5.73 Å². The molecule has 0 heterocycles. The van der Waals surface area contributed by atoms with Crippen LogP contribution in [0.15, 0.2) is 18.2 Å². The molecular weight excluding hydrogens is 210 g/mol. The predicted octanol–water partition coefficient (Wildman–Crippen LogP) is 1.05. The van der Waals surface area contributed by atoms with Crippen molar-refractivity contribution in [3.05, 3.63) is 23.8 Å². The highest BCUT2D eigenvalue weighted by atomic mass is 16.5. The van der Waals surface area contributed by atoms with Crippen LogP contribution in [0.3, 0.4) is 0 Å². The van der Waals surface area contributed by atoms with Crippen LogP contribution in [-0.2, 0) is 9.53 Å². The summed E-state index contributed by atoms with van der Waals surface area (Å²) >= 11 is 0. The van der Waals surface area contributed by atoms with Crippen molar-refractivity contribution in [2.24, 2.45) is 5.73 Å². The molecule has 1 aromatic rings. The number of hydrogen-bond acceptors (Lipinski definition) is 5. The number of ether oxygens (including phenoxy) is 1. The number of carbonyl (C=O) groups is 1. The van der Waals surface area contributed by atoms with Crippen molar-refractivity contribution < 1.29 is 19.7 Å². The quantitative estimate of drug-likeness (QED) is 0.526. The van der Waals surface area contributed by atoms with E-state index < -0.39 is 0 Å². The van der Waals surface area contributed by atoms with Gasteiger partial charge in [-0.05, 0) is 24.1 Å². The molecule has 88 valence electrons. The zero-order chi connectivity index (χ0) is 12.1. The van der Waals surface area contributed by atoms with Crippen molar-refractivity contribution in [1.82, 2.24) is 0 Å². The minimum atomic E-state index is -0.370. The lowest BCUT2D eigenvalue weighted by Crippen LogP contribution is -2.12. The Bertz CT molecular complexity index is 378. The molecule has 1 aromatic carbocycles. The predicted molar refractivity (Wildman–Crippen MR) is 58.0 cm³/mol. The Morgan fingerprint density at radius 3 is 2.69 bits per heavy atom. The Morgan fingerprint density at radius 2 is 2.12 bits per heavy atom. The molecule has 0 radical (unpaired) electrons. The van der Waals surface area contributed by atoms with Gasteiger partial charge in [-0.1, -0.05) is 6.07 Å². The van der Waals surface area contributed by atoms with Crippen LogP contribution in [-0.4, -0.2) is 23.3 Å². The molecule has 0 aliphatic carbocycles. The summed E-state index contributed by atoms with van der Waals surface area (Å²) in [5, 5.41) is 18.4. The van der Waals surface area contributed by atoms with E-state index >= 15 is 0 Å². The molecule has 5 nitrogen and oxygen atoms in total. The number of aromatic hydroxyl groups is 2. The number of hydrogen-bond donors (Lipinski definition) is 3. The maximum absolute atomic E-state index is 10.9. The molecule has 16 heavy (non-hydrogen) atoms. The van der Waals surface area contributed by atoms with Gasteiger partial charge >= 0.3 is 5.97 Å². The van der Waals surface area contributed by atoms with E-state index in [1.165, 1.54) is 19.2 Å². The second-order valence-corrected chi connectivity index (χ2v) is 3.47. The van der Waals surface area contributed by atoms with Crippen LogP contribution in [0.1, 0.15) is 24.4 Å². The van der Waals surface area contributed by atoms with Gasteiger partial charge in [0.15, 0.2) is 11.5 Å². The number of methoxy groups -OCH3 is 1. The molecule has 1 atom stereocenters. The SMILES string of the molecule is COC(=O)CCC(N)c1ccc(O)c(O)c1. The number of nitrogens with two attached hydrogens (primary N) is 1. The van der Waals surface area contributed by atoms with E-state index in [-0.39, 0.29) is 29.9 Å². The van der Waals surface area contributed by atoms with Crippen molar-refractivity contribution in [2.75, 3.05) is 7.11 Å². The summed E-state index contributed by atoms with van der Waals surface area (Å²) in [6, 6.07) is 3.99. The van der Waals surface area contributed by atoms with Crippen LogP contribution in [0.5, 0.6) is 11.5 Å². The Hall–Kier alpha value is -1.75. The molecule has 0 amide bonds. The Balaban J connectivity index is 2.62. The van der Waals surface area contributed by atoms with Gasteiger partial charge < -0.3 is 20.7 Å². The zero-order valence-electron chi connectivity index (χ0n) is 9.01. The van der Waals surface area contributed by atoms with Gasteiger partial charge in [-0.2, -0.15) is 0 Å². The van der Waals surface area contributed by atoms with E-state index in [1.807, 2.05) is 0 Å². The lowest BCUT2D eigenvalue weighted by Gasteiger charge is -2.11. The first-order valence-corrected chi connectivity index (χ1v) is 4.89. The molecule has 1 rings (SSSR count). The summed E-state index contributed by atoms with van der Waals surface area (Å²) in [7, 11) is 1.32. The topological polar surface area (TPSA) is 92.8 Å². The van der Waals surface area contributed by atoms with E-state index in [0.29, 0.717) is 12.0 Å². The van der Waals surface area contributed by atoms with E-state index in [0.717, 1.165) is 0 Å². The lowest BCUT2D eigenvalue weighted by molar-refractivity contribution is -0.140. The summed E-state index contributed by atoms with van der Waals surface area (Å²) in [5.41, 5.74) is 6.48. The summed E-state index contributed by atoms with van der Waals surface area (Å²) < 4.78 is 4.50. The van der Waals surface area contributed by atoms with Gasteiger partial charge in [0.2, 0.25) is 0 Å². The molecule has 0 spiro atoms. The third-order valence-corrected chi connectivity index (χ3v) is 2.31. The molecule has 1 unspecified atom stereocenters. The van der Waals surface area contributed by atoms with Crippen LogP contribution in [0, 0.1) is 0 Å². The monoisotopic (exact) mass is 225 g/mol. The van der Waals surface area contributed by atoms with Crippen molar-refractivity contribution in [2.45, 2.75) is 18.9 Å². The summed E-state index contributed by atoms with van der Waals surface area (Å²) in [6.07, 6.45) is 0.649. The molecule has 0 fully saturated rings. The summed E-state index contributed by atoms with van der Waals surface area (Å²) in [6.45, 7) is 0. The summed E-state index contributed by atoms with van der Waals surface area (Å²) in [5.74, 6) is -0.728. The Kier molecular flexibility index (Phi) is 4.13. The molecule has 5 heteroatoms. The van der Waals surface area contributed by atoms with Crippen molar-refractivity contribution in [3.8, 4) is 11.5 Å². The average Bonchev–Trinajstić information content (AvgIpc) is 2.29. The first kappa shape index (κ1) is 12.3. The Morgan fingerprint density at radius 1 is 1.44 bits per heavy atom. The number of rotatable bonds is 4. The smallest absolute Gasteiger partial charge is 0.305 e. The second kappa shape index (κ2) is 5.37. The van der Waals surface area contributed by atoms with Crippen molar-refractivity contribution in [1.29, 1.82) is 0 Å². The molecule has 0 saturated carbocycles. The van der Waals surface area contributed by atoms with E-state index in [4.69, 9.17) is 10.8 Å². The van der Waals surface area contributed by atoms with Crippen LogP contribution >= 0.6 is 0 Å². The first-order chi connectivity index (χ1) is 7.54. The van der Waals surface area contributed by atoms with Gasteiger partial charge in [0.25, 0.3) is 0 Å². The minimum absolute atomic E-state index is 0.191. The van der Waals surface area contributed by atoms with Crippen molar-refractivity contribution >= 4 is 5.97 Å². The van der Waals surface area contributed by atoms with Gasteiger partial charge in [0.05, 0.1) is 7.11 Å². The molecular formula is C11H15NO4. The maximum atomic E-state index is 10.9. The Labute approximate surface area is 93.5 Å². The van der Waals surface area contributed by atoms with E-state index in [1.54, 1.807) is 6.07 Å². The molecule has 0 saturated heterocycles. The maximum Gasteiger partial charge on any atom is 0.305 e. The highest BCUT2D eigenvalue weighted by Crippen LogP contribution is 2.28. The minimum Gasteiger partial charge on any atom is -0.504 e. The van der Waals surface area contributed by atoms with Gasteiger partial charge in [-0.25, -0.2) is 0 Å². The third-order valence-electron chi connectivity index (χ3n) is 2.31. The van der Waals surface area contributed by atoms with Crippen molar-refractivity contribution in [3.63, 3.8) is 0 Å². The number of phenolic OH excluding ortho intramolecular Hbond substituents is 2. The normalized spacial score (nSPS) is 12.1. The number of benzene rings is 1. The lowest BCUT2D eigenvalue weighted by atomic mass is 10.0. The number of carbonyl (C=O) groups excluding carboxylic acids is 1. The first-order valence-electron chi connectivity index (χ1n) is 4.89. The van der Waals surface area contributed by atoms with Gasteiger partial charge in [-0.15, -0.1) is 0 Å². The van der Waals surface area contributed by atoms with E-state index in [9.17, 15) is 9.90 Å². The van der Waals surface area contributed by atoms with E-state index in [2.05, 4.69) is 4.74 Å². The highest BCUT2D eigenvalue weighted by molar-refractivity contribution is 5.69. The van der Waals surface area contributed by atoms with Gasteiger partial charge in [0, 0.05) is 12.5 Å². The fourth-order valence-corrected chi connectivity index (χ4v) is 1.31. The summed E-state index contributed by atoms with van der Waals surface area (Å²) in [4.78, 5) is 10.9. The highest BCUT2D eigenvalue weighted by Gasteiger charge is 2.11. The fourth-order valence-electron chi connectivity index (χ4n) is 1.31. The molecule has 0 aliphatic heterocycles. The van der Waals surface area contributed by atoms with Gasteiger partial charge in [0.1, 0.15) is 0 Å².